The van der Waals surface area contributed by atoms with E-state index in [1.807, 2.05) is 23.1 Å². The highest BCUT2D eigenvalue weighted by atomic mass is 16.2. The second kappa shape index (κ2) is 8.07. The second-order valence-corrected chi connectivity index (χ2v) is 8.32. The van der Waals surface area contributed by atoms with Crippen molar-refractivity contribution in [3.8, 4) is 0 Å². The van der Waals surface area contributed by atoms with E-state index in [-0.39, 0.29) is 5.91 Å². The van der Waals surface area contributed by atoms with Crippen LogP contribution in [-0.2, 0) is 6.42 Å². The Kier molecular flexibility index (Phi) is 5.13. The van der Waals surface area contributed by atoms with Crippen molar-refractivity contribution in [3.05, 3.63) is 65.9 Å². The topological polar surface area (TPSA) is 40.9 Å². The van der Waals surface area contributed by atoms with Crippen LogP contribution in [0.1, 0.15) is 29.3 Å². The maximum Gasteiger partial charge on any atom is 0.260 e. The highest BCUT2D eigenvalue weighted by molar-refractivity contribution is 6.15. The molecule has 2 aliphatic rings. The average Bonchev–Trinajstić information content (AvgIpc) is 2.82. The number of quaternary nitrogens is 1. The fraction of sp³-hybridized carbons (Fsp3) is 0.360. The molecule has 1 aromatic heterocycles. The van der Waals surface area contributed by atoms with E-state index in [9.17, 15) is 4.79 Å². The first-order chi connectivity index (χ1) is 14.8. The van der Waals surface area contributed by atoms with Gasteiger partial charge in [0.2, 0.25) is 0 Å². The lowest BCUT2D eigenvalue weighted by Gasteiger charge is -2.33. The van der Waals surface area contributed by atoms with Crippen molar-refractivity contribution in [2.45, 2.75) is 19.8 Å². The van der Waals surface area contributed by atoms with Crippen LogP contribution in [0.4, 0.5) is 11.5 Å². The number of amides is 1. The Morgan fingerprint density at radius 1 is 1.00 bits per heavy atom. The molecule has 0 unspecified atom stereocenters. The van der Waals surface area contributed by atoms with Gasteiger partial charge < -0.3 is 14.7 Å². The van der Waals surface area contributed by atoms with Crippen LogP contribution < -0.4 is 14.7 Å². The Bertz CT molecular complexity index is 1070. The van der Waals surface area contributed by atoms with Gasteiger partial charge in [-0.2, -0.15) is 0 Å². The quantitative estimate of drug-likeness (QED) is 0.733. The van der Waals surface area contributed by atoms with Crippen LogP contribution in [0, 0.1) is 0 Å². The first kappa shape index (κ1) is 19.1. The summed E-state index contributed by atoms with van der Waals surface area (Å²) in [7, 11) is 0. The van der Waals surface area contributed by atoms with Crippen LogP contribution in [0.5, 0.6) is 0 Å². The van der Waals surface area contributed by atoms with Gasteiger partial charge in [0, 0.05) is 23.8 Å². The molecule has 3 aromatic rings. The van der Waals surface area contributed by atoms with Gasteiger partial charge in [0.05, 0.1) is 38.3 Å². The summed E-state index contributed by atoms with van der Waals surface area (Å²) in [5.41, 5.74) is 2.99. The number of para-hydroxylation sites is 1. The van der Waals surface area contributed by atoms with Crippen molar-refractivity contribution in [1.29, 1.82) is 0 Å². The summed E-state index contributed by atoms with van der Waals surface area (Å²) < 4.78 is 0. The number of nitrogens with one attached hydrogen (secondary N) is 1. The van der Waals surface area contributed by atoms with Gasteiger partial charge in [0.15, 0.2) is 0 Å². The van der Waals surface area contributed by atoms with E-state index in [1.54, 1.807) is 11.1 Å². The molecule has 30 heavy (non-hydrogen) atoms. The van der Waals surface area contributed by atoms with Crippen LogP contribution in [0.15, 0.2) is 54.7 Å². The molecule has 0 bridgehead atoms. The number of likely N-dealkylation sites (N-methyl/N-ethyl adjacent to an activating group) is 1. The Labute approximate surface area is 177 Å². The SMILES string of the molecule is CC[NH+]1CCN(c2ncc(C(=O)N3CCCc4ccccc43)c3ccccc23)CC1. The van der Waals surface area contributed by atoms with Gasteiger partial charge in [0.25, 0.3) is 5.91 Å². The molecule has 5 heteroatoms. The van der Waals surface area contributed by atoms with Crippen molar-refractivity contribution in [3.63, 3.8) is 0 Å². The number of anilines is 2. The van der Waals surface area contributed by atoms with E-state index < -0.39 is 0 Å². The zero-order valence-corrected chi connectivity index (χ0v) is 17.6. The molecule has 1 N–H and O–H groups in total. The minimum absolute atomic E-state index is 0.0534. The Morgan fingerprint density at radius 3 is 2.53 bits per heavy atom. The number of rotatable bonds is 3. The number of aromatic nitrogens is 1. The maximum atomic E-state index is 13.6. The molecule has 0 atom stereocenters. The number of fused-ring (bicyclic) bond motifs is 2. The van der Waals surface area contributed by atoms with Crippen LogP contribution in [0.25, 0.3) is 10.8 Å². The third kappa shape index (κ3) is 3.33. The molecule has 0 saturated carbocycles. The van der Waals surface area contributed by atoms with Gasteiger partial charge in [-0.05, 0) is 36.8 Å². The molecule has 0 radical (unpaired) electrons. The van der Waals surface area contributed by atoms with Gasteiger partial charge in [-0.25, -0.2) is 4.98 Å². The fourth-order valence-corrected chi connectivity index (χ4v) is 4.88. The van der Waals surface area contributed by atoms with Crippen LogP contribution >= 0.6 is 0 Å². The smallest absolute Gasteiger partial charge is 0.260 e. The molecule has 0 spiro atoms. The monoisotopic (exact) mass is 401 g/mol. The normalized spacial score (nSPS) is 17.2. The Hall–Kier alpha value is -2.92. The number of hydrogen-bond acceptors (Lipinski definition) is 3. The van der Waals surface area contributed by atoms with Crippen molar-refractivity contribution in [2.75, 3.05) is 49.1 Å². The second-order valence-electron chi connectivity index (χ2n) is 8.32. The highest BCUT2D eigenvalue weighted by Crippen LogP contribution is 2.32. The van der Waals surface area contributed by atoms with Gasteiger partial charge in [-0.3, -0.25) is 4.79 Å². The van der Waals surface area contributed by atoms with Crippen molar-refractivity contribution < 1.29 is 9.69 Å². The van der Waals surface area contributed by atoms with Crippen molar-refractivity contribution in [2.24, 2.45) is 0 Å². The minimum atomic E-state index is 0.0534. The van der Waals surface area contributed by atoms with E-state index in [2.05, 4.69) is 42.2 Å². The zero-order valence-electron chi connectivity index (χ0n) is 17.6. The molecule has 1 fully saturated rings. The van der Waals surface area contributed by atoms with Gasteiger partial charge >= 0.3 is 0 Å². The molecule has 1 saturated heterocycles. The molecule has 0 aliphatic carbocycles. The van der Waals surface area contributed by atoms with Crippen LogP contribution in [0.2, 0.25) is 0 Å². The lowest BCUT2D eigenvalue weighted by atomic mass is 9.99. The largest absolute Gasteiger partial charge is 0.345 e. The number of benzene rings is 2. The van der Waals surface area contributed by atoms with Crippen LogP contribution in [0.3, 0.4) is 0 Å². The molecule has 2 aromatic carbocycles. The number of carbonyl (C=O) groups is 1. The van der Waals surface area contributed by atoms with Gasteiger partial charge in [0.1, 0.15) is 5.82 Å². The Balaban J connectivity index is 1.52. The average molecular weight is 402 g/mol. The zero-order chi connectivity index (χ0) is 20.5. The summed E-state index contributed by atoms with van der Waals surface area (Å²) in [5.74, 6) is 1.06. The first-order valence-electron chi connectivity index (χ1n) is 11.1. The van der Waals surface area contributed by atoms with E-state index in [0.29, 0.717) is 5.56 Å². The lowest BCUT2D eigenvalue weighted by Crippen LogP contribution is -3.14. The summed E-state index contributed by atoms with van der Waals surface area (Å²) >= 11 is 0. The number of piperazine rings is 1. The van der Waals surface area contributed by atoms with E-state index >= 15 is 0 Å². The predicted molar refractivity (Wildman–Crippen MR) is 122 cm³/mol. The van der Waals surface area contributed by atoms with Gasteiger partial charge in [-0.1, -0.05) is 42.5 Å². The van der Waals surface area contributed by atoms with Crippen LogP contribution in [-0.4, -0.2) is 50.2 Å². The number of nitrogens with zero attached hydrogens (tertiary/aromatic N) is 3. The maximum absolute atomic E-state index is 13.6. The molecule has 3 heterocycles. The number of pyridine rings is 1. The summed E-state index contributed by atoms with van der Waals surface area (Å²) in [6.07, 6.45) is 3.83. The van der Waals surface area contributed by atoms with Gasteiger partial charge in [-0.15, -0.1) is 0 Å². The molecular formula is C25H29N4O+. The summed E-state index contributed by atoms with van der Waals surface area (Å²) in [5, 5.41) is 2.08. The third-order valence-electron chi connectivity index (χ3n) is 6.63. The molecular weight excluding hydrogens is 372 g/mol. The summed E-state index contributed by atoms with van der Waals surface area (Å²) in [4.78, 5) is 24.4. The van der Waals surface area contributed by atoms with E-state index in [0.717, 1.165) is 67.8 Å². The number of hydrogen-bond donors (Lipinski definition) is 1. The lowest BCUT2D eigenvalue weighted by molar-refractivity contribution is -0.898. The fourth-order valence-electron chi connectivity index (χ4n) is 4.88. The highest BCUT2D eigenvalue weighted by Gasteiger charge is 2.27. The molecule has 154 valence electrons. The third-order valence-corrected chi connectivity index (χ3v) is 6.63. The molecule has 5 rings (SSSR count). The number of aryl methyl sites for hydroxylation is 1. The molecule has 1 amide bonds. The standard InChI is InChI=1S/C25H28N4O/c1-2-27-14-16-28(17-15-27)24-21-11-5-4-10-20(21)22(18-26-24)25(30)29-13-7-9-19-8-3-6-12-23(19)29/h3-6,8,10-12,18H,2,7,9,13-17H2,1H3/p+1. The van der Waals surface area contributed by atoms with Crippen molar-refractivity contribution >= 4 is 28.2 Å². The van der Waals surface area contributed by atoms with E-state index in [1.165, 1.54) is 12.1 Å². The minimum Gasteiger partial charge on any atom is -0.345 e. The van der Waals surface area contributed by atoms with Crippen molar-refractivity contribution in [1.82, 2.24) is 4.98 Å². The Morgan fingerprint density at radius 2 is 1.73 bits per heavy atom. The van der Waals surface area contributed by atoms with E-state index in [4.69, 9.17) is 4.98 Å². The summed E-state index contributed by atoms with van der Waals surface area (Å²) in [6, 6.07) is 16.5. The molecule has 2 aliphatic heterocycles. The molecule has 5 nitrogen and oxygen atoms in total. The first-order valence-corrected chi connectivity index (χ1v) is 11.1. The predicted octanol–water partition coefficient (Wildman–Crippen LogP) is 2.55. The summed E-state index contributed by atoms with van der Waals surface area (Å²) in [6.45, 7) is 8.47. The number of carbonyl (C=O) groups excluding carboxylic acids is 1.